The highest BCUT2D eigenvalue weighted by Gasteiger charge is 2.35. The smallest absolute Gasteiger partial charge is 0.228 e. The minimum absolute atomic E-state index is 0.113. The van der Waals surface area contributed by atoms with Gasteiger partial charge in [-0.25, -0.2) is 0 Å². The first-order chi connectivity index (χ1) is 11.2. The third kappa shape index (κ3) is 2.72. The van der Waals surface area contributed by atoms with Gasteiger partial charge in [0.2, 0.25) is 5.91 Å². The van der Waals surface area contributed by atoms with Crippen LogP contribution in [-0.2, 0) is 16.0 Å². The molecule has 2 aliphatic heterocycles. The van der Waals surface area contributed by atoms with Gasteiger partial charge in [-0.2, -0.15) is 0 Å². The number of hydrogen-bond donors (Lipinski definition) is 0. The molecule has 0 spiro atoms. The van der Waals surface area contributed by atoms with Crippen molar-refractivity contribution >= 4 is 16.9 Å². The van der Waals surface area contributed by atoms with E-state index in [0.717, 1.165) is 42.9 Å². The average Bonchev–Trinajstić information content (AvgIpc) is 2.98. The fourth-order valence-corrected chi connectivity index (χ4v) is 3.62. The van der Waals surface area contributed by atoms with Crippen LogP contribution in [0.25, 0.3) is 11.0 Å². The molecule has 2 saturated heterocycles. The van der Waals surface area contributed by atoms with Crippen LogP contribution < -0.4 is 0 Å². The number of ether oxygens (including phenoxy) is 1. The normalized spacial score (nSPS) is 25.5. The minimum atomic E-state index is 0.113. The summed E-state index contributed by atoms with van der Waals surface area (Å²) in [5.41, 5.74) is 1.45. The van der Waals surface area contributed by atoms with Gasteiger partial charge in [0.05, 0.1) is 25.7 Å². The number of aromatic nitrogens is 1. The van der Waals surface area contributed by atoms with Crippen molar-refractivity contribution in [3.05, 3.63) is 30.0 Å². The zero-order chi connectivity index (χ0) is 15.8. The maximum atomic E-state index is 12.7. The number of carbonyl (C=O) groups is 1. The summed E-state index contributed by atoms with van der Waals surface area (Å²) in [7, 11) is 0. The number of nitrogens with zero attached hydrogens (tertiary/aromatic N) is 3. The molecule has 0 bridgehead atoms. The number of hydrogen-bond acceptors (Lipinski definition) is 5. The molecule has 2 aromatic rings. The second kappa shape index (κ2) is 5.94. The highest BCUT2D eigenvalue weighted by molar-refractivity contribution is 5.86. The van der Waals surface area contributed by atoms with Crippen LogP contribution >= 0.6 is 0 Å². The molecule has 1 amide bonds. The Balaban J connectivity index is 1.45. The minimum Gasteiger partial charge on any atom is -0.378 e. The van der Waals surface area contributed by atoms with Crippen molar-refractivity contribution in [2.45, 2.75) is 25.4 Å². The van der Waals surface area contributed by atoms with Gasteiger partial charge in [-0.05, 0) is 19.1 Å². The van der Waals surface area contributed by atoms with Gasteiger partial charge in [0.15, 0.2) is 5.58 Å². The number of morpholine rings is 1. The molecule has 0 radical (unpaired) electrons. The van der Waals surface area contributed by atoms with Crippen LogP contribution in [0, 0.1) is 0 Å². The van der Waals surface area contributed by atoms with Crippen LogP contribution in [0.2, 0.25) is 0 Å². The molecule has 0 N–H and O–H groups in total. The van der Waals surface area contributed by atoms with Crippen molar-refractivity contribution in [2.24, 2.45) is 0 Å². The zero-order valence-electron chi connectivity index (χ0n) is 13.3. The van der Waals surface area contributed by atoms with Gasteiger partial charge in [-0.15, -0.1) is 0 Å². The van der Waals surface area contributed by atoms with Crippen LogP contribution in [0.4, 0.5) is 0 Å². The first-order valence-electron chi connectivity index (χ1n) is 8.17. The van der Waals surface area contributed by atoms with E-state index in [2.05, 4.69) is 17.0 Å². The SMILES string of the molecule is C[C@H]1COC[C@H]2CN(C(=O)Cc3noc4ccccc34)CCN21. The maximum absolute atomic E-state index is 12.7. The number of carbonyl (C=O) groups excluding carboxylic acids is 1. The highest BCUT2D eigenvalue weighted by Crippen LogP contribution is 2.21. The summed E-state index contributed by atoms with van der Waals surface area (Å²) < 4.78 is 10.9. The van der Waals surface area contributed by atoms with E-state index in [1.165, 1.54) is 0 Å². The molecule has 3 heterocycles. The van der Waals surface area contributed by atoms with Crippen molar-refractivity contribution in [1.29, 1.82) is 0 Å². The van der Waals surface area contributed by atoms with Crippen molar-refractivity contribution < 1.29 is 14.1 Å². The Kier molecular flexibility index (Phi) is 3.79. The molecule has 1 aromatic heterocycles. The third-order valence-corrected chi connectivity index (χ3v) is 4.89. The standard InChI is InChI=1S/C17H21N3O3/c1-12-10-22-11-13-9-19(6-7-20(12)13)17(21)8-15-14-4-2-3-5-16(14)23-18-15/h2-5,12-13H,6-11H2,1H3/t12-,13+/m0/s1. The van der Waals surface area contributed by atoms with E-state index in [-0.39, 0.29) is 5.91 Å². The van der Waals surface area contributed by atoms with E-state index in [1.807, 2.05) is 29.2 Å². The summed E-state index contributed by atoms with van der Waals surface area (Å²) in [4.78, 5) is 17.0. The molecule has 122 valence electrons. The van der Waals surface area contributed by atoms with Gasteiger partial charge in [0, 0.05) is 31.1 Å². The lowest BCUT2D eigenvalue weighted by Crippen LogP contribution is -2.62. The lowest BCUT2D eigenvalue weighted by molar-refractivity contribution is -0.138. The van der Waals surface area contributed by atoms with E-state index in [4.69, 9.17) is 9.26 Å². The molecular weight excluding hydrogens is 294 g/mol. The lowest BCUT2D eigenvalue weighted by atomic mass is 10.1. The Labute approximate surface area is 135 Å². The predicted octanol–water partition coefficient (Wildman–Crippen LogP) is 1.30. The molecule has 2 atom stereocenters. The van der Waals surface area contributed by atoms with Crippen molar-refractivity contribution in [3.8, 4) is 0 Å². The van der Waals surface area contributed by atoms with Gasteiger partial charge in [0.1, 0.15) is 5.69 Å². The van der Waals surface area contributed by atoms with Crippen LogP contribution in [0.5, 0.6) is 0 Å². The first-order valence-corrected chi connectivity index (χ1v) is 8.17. The molecule has 23 heavy (non-hydrogen) atoms. The second-order valence-electron chi connectivity index (χ2n) is 6.42. The summed E-state index contributed by atoms with van der Waals surface area (Å²) in [6.45, 7) is 6.11. The Morgan fingerprint density at radius 1 is 1.30 bits per heavy atom. The van der Waals surface area contributed by atoms with Crippen molar-refractivity contribution in [3.63, 3.8) is 0 Å². The van der Waals surface area contributed by atoms with Crippen molar-refractivity contribution in [1.82, 2.24) is 15.0 Å². The molecule has 2 aliphatic rings. The van der Waals surface area contributed by atoms with E-state index in [9.17, 15) is 4.79 Å². The lowest BCUT2D eigenvalue weighted by Gasteiger charge is -2.47. The number of rotatable bonds is 2. The quantitative estimate of drug-likeness (QED) is 0.836. The molecule has 2 fully saturated rings. The van der Waals surface area contributed by atoms with Crippen LogP contribution in [-0.4, -0.2) is 65.8 Å². The number of piperazine rings is 1. The van der Waals surface area contributed by atoms with Crippen LogP contribution in [0.1, 0.15) is 12.6 Å². The molecule has 6 nitrogen and oxygen atoms in total. The molecule has 1 aromatic carbocycles. The monoisotopic (exact) mass is 315 g/mol. The van der Waals surface area contributed by atoms with Gasteiger partial charge >= 0.3 is 0 Å². The molecule has 4 rings (SSSR count). The molecule has 6 heteroatoms. The fourth-order valence-electron chi connectivity index (χ4n) is 3.62. The zero-order valence-corrected chi connectivity index (χ0v) is 13.3. The number of benzene rings is 1. The fraction of sp³-hybridized carbons (Fsp3) is 0.529. The predicted molar refractivity (Wildman–Crippen MR) is 85.1 cm³/mol. The van der Waals surface area contributed by atoms with Gasteiger partial charge in [0.25, 0.3) is 0 Å². The Morgan fingerprint density at radius 3 is 3.09 bits per heavy atom. The summed E-state index contributed by atoms with van der Waals surface area (Å²) in [5.74, 6) is 0.113. The first kappa shape index (κ1) is 14.7. The molecule has 0 saturated carbocycles. The summed E-state index contributed by atoms with van der Waals surface area (Å²) >= 11 is 0. The summed E-state index contributed by atoms with van der Waals surface area (Å²) in [6.07, 6.45) is 0.292. The van der Waals surface area contributed by atoms with Crippen molar-refractivity contribution in [2.75, 3.05) is 32.8 Å². The number of para-hydroxylation sites is 1. The van der Waals surface area contributed by atoms with Crippen LogP contribution in [0.15, 0.2) is 28.8 Å². The summed E-state index contributed by atoms with van der Waals surface area (Å²) in [6, 6.07) is 8.41. The highest BCUT2D eigenvalue weighted by atomic mass is 16.5. The second-order valence-corrected chi connectivity index (χ2v) is 6.42. The van der Waals surface area contributed by atoms with E-state index >= 15 is 0 Å². The number of fused-ring (bicyclic) bond motifs is 2. The largest absolute Gasteiger partial charge is 0.378 e. The van der Waals surface area contributed by atoms with Gasteiger partial charge in [-0.3, -0.25) is 9.69 Å². The topological polar surface area (TPSA) is 58.8 Å². The van der Waals surface area contributed by atoms with E-state index in [1.54, 1.807) is 0 Å². The molecular formula is C17H21N3O3. The Morgan fingerprint density at radius 2 is 2.17 bits per heavy atom. The third-order valence-electron chi connectivity index (χ3n) is 4.89. The molecule has 0 unspecified atom stereocenters. The maximum Gasteiger partial charge on any atom is 0.228 e. The van der Waals surface area contributed by atoms with Crippen LogP contribution in [0.3, 0.4) is 0 Å². The Hall–Kier alpha value is -1.92. The van der Waals surface area contributed by atoms with E-state index < -0.39 is 0 Å². The summed E-state index contributed by atoms with van der Waals surface area (Å²) in [5, 5.41) is 4.99. The van der Waals surface area contributed by atoms with Gasteiger partial charge < -0.3 is 14.2 Å². The van der Waals surface area contributed by atoms with Gasteiger partial charge in [-0.1, -0.05) is 17.3 Å². The Bertz CT molecular complexity index is 714. The molecule has 0 aliphatic carbocycles. The average molecular weight is 315 g/mol. The number of amides is 1. The van der Waals surface area contributed by atoms with E-state index in [0.29, 0.717) is 25.1 Å².